The highest BCUT2D eigenvalue weighted by atomic mass is 19.4. The Hall–Kier alpha value is -1.53. The van der Waals surface area contributed by atoms with Gasteiger partial charge in [-0.1, -0.05) is 12.2 Å². The van der Waals surface area contributed by atoms with Crippen LogP contribution in [0.4, 0.5) is 13.2 Å². The van der Waals surface area contributed by atoms with Gasteiger partial charge < -0.3 is 10.4 Å². The van der Waals surface area contributed by atoms with Gasteiger partial charge in [-0.05, 0) is 18.8 Å². The van der Waals surface area contributed by atoms with Gasteiger partial charge in [0.1, 0.15) is 6.04 Å². The van der Waals surface area contributed by atoms with E-state index in [1.54, 1.807) is 0 Å². The molecule has 4 nitrogen and oxygen atoms in total. The molecule has 0 bridgehead atoms. The number of alkyl halides is 3. The van der Waals surface area contributed by atoms with E-state index < -0.39 is 30.5 Å². The third kappa shape index (κ3) is 5.20. The minimum atomic E-state index is -4.62. The van der Waals surface area contributed by atoms with Gasteiger partial charge in [0.25, 0.3) is 0 Å². The molecule has 0 aromatic heterocycles. The highest BCUT2D eigenvalue weighted by Crippen LogP contribution is 2.23. The molecular formula is C11H14F3NO3. The predicted molar refractivity (Wildman–Crippen MR) is 56.7 cm³/mol. The van der Waals surface area contributed by atoms with E-state index in [4.69, 9.17) is 5.11 Å². The van der Waals surface area contributed by atoms with Crippen molar-refractivity contribution in [1.29, 1.82) is 0 Å². The Bertz CT molecular complexity index is 352. The van der Waals surface area contributed by atoms with Crippen molar-refractivity contribution < 1.29 is 27.9 Å². The van der Waals surface area contributed by atoms with Crippen molar-refractivity contribution in [3.63, 3.8) is 0 Å². The molecule has 0 fully saturated rings. The number of carbonyl (C=O) groups is 2. The lowest BCUT2D eigenvalue weighted by Gasteiger charge is -2.17. The van der Waals surface area contributed by atoms with Crippen LogP contribution in [0.2, 0.25) is 0 Å². The lowest BCUT2D eigenvalue weighted by atomic mass is 10.0. The van der Waals surface area contributed by atoms with Crippen molar-refractivity contribution in [2.24, 2.45) is 5.92 Å². The number of rotatable bonds is 5. The van der Waals surface area contributed by atoms with Gasteiger partial charge in [0, 0.05) is 6.42 Å². The first kappa shape index (κ1) is 14.5. The topological polar surface area (TPSA) is 66.4 Å². The maximum Gasteiger partial charge on any atom is 0.391 e. The molecule has 2 unspecified atom stereocenters. The molecule has 1 aliphatic carbocycles. The zero-order chi connectivity index (χ0) is 13.8. The summed E-state index contributed by atoms with van der Waals surface area (Å²) < 4.78 is 36.3. The smallest absolute Gasteiger partial charge is 0.391 e. The van der Waals surface area contributed by atoms with Crippen LogP contribution >= 0.6 is 0 Å². The lowest BCUT2D eigenvalue weighted by molar-refractivity contribution is -0.160. The fraction of sp³-hybridized carbons (Fsp3) is 0.636. The Morgan fingerprint density at radius 3 is 2.56 bits per heavy atom. The quantitative estimate of drug-likeness (QED) is 0.746. The first-order chi connectivity index (χ1) is 8.28. The predicted octanol–water partition coefficient (Wildman–Crippen LogP) is 1.86. The molecule has 1 amide bonds. The molecule has 7 heteroatoms. The molecule has 0 aromatic carbocycles. The summed E-state index contributed by atoms with van der Waals surface area (Å²) in [6.45, 7) is 0. The van der Waals surface area contributed by atoms with Crippen molar-refractivity contribution >= 4 is 11.9 Å². The second-order valence-corrected chi connectivity index (χ2v) is 4.25. The van der Waals surface area contributed by atoms with Crippen LogP contribution in [-0.4, -0.2) is 29.2 Å². The number of carboxylic acid groups (broad SMARTS) is 1. The van der Waals surface area contributed by atoms with Gasteiger partial charge in [0.2, 0.25) is 5.91 Å². The molecule has 18 heavy (non-hydrogen) atoms. The summed E-state index contributed by atoms with van der Waals surface area (Å²) in [5.41, 5.74) is 0. The summed E-state index contributed by atoms with van der Waals surface area (Å²) in [5.74, 6) is -2.35. The van der Waals surface area contributed by atoms with Gasteiger partial charge >= 0.3 is 12.1 Å². The van der Waals surface area contributed by atoms with Gasteiger partial charge in [-0.15, -0.1) is 0 Å². The van der Waals surface area contributed by atoms with Crippen molar-refractivity contribution in [1.82, 2.24) is 5.32 Å². The molecule has 0 aliphatic heterocycles. The first-order valence-corrected chi connectivity index (χ1v) is 5.53. The Labute approximate surface area is 102 Å². The largest absolute Gasteiger partial charge is 0.480 e. The van der Waals surface area contributed by atoms with E-state index in [1.807, 2.05) is 17.5 Å². The molecule has 0 heterocycles. The minimum absolute atomic E-state index is 0.00895. The lowest BCUT2D eigenvalue weighted by Crippen LogP contribution is -2.43. The van der Waals surface area contributed by atoms with Crippen LogP contribution < -0.4 is 5.32 Å². The van der Waals surface area contributed by atoms with Gasteiger partial charge in [-0.2, -0.15) is 13.2 Å². The monoisotopic (exact) mass is 265 g/mol. The second-order valence-electron chi connectivity index (χ2n) is 4.25. The van der Waals surface area contributed by atoms with E-state index in [0.29, 0.717) is 0 Å². The van der Waals surface area contributed by atoms with Crippen molar-refractivity contribution in [2.45, 2.75) is 37.9 Å². The van der Waals surface area contributed by atoms with E-state index in [9.17, 15) is 22.8 Å². The number of allylic oxidation sites excluding steroid dienone is 2. The molecule has 0 saturated heterocycles. The van der Waals surface area contributed by atoms with E-state index >= 15 is 0 Å². The number of carbonyl (C=O) groups excluding carboxylic acids is 1. The zero-order valence-corrected chi connectivity index (χ0v) is 9.54. The first-order valence-electron chi connectivity index (χ1n) is 5.53. The van der Waals surface area contributed by atoms with Crippen molar-refractivity contribution in [3.8, 4) is 0 Å². The molecule has 1 aliphatic rings. The molecule has 2 N–H and O–H groups in total. The normalized spacial score (nSPS) is 20.7. The summed E-state index contributed by atoms with van der Waals surface area (Å²) in [5, 5.41) is 10.5. The Morgan fingerprint density at radius 1 is 1.44 bits per heavy atom. The number of amides is 1. The fourth-order valence-corrected chi connectivity index (χ4v) is 1.79. The van der Waals surface area contributed by atoms with Crippen molar-refractivity contribution in [3.05, 3.63) is 12.2 Å². The van der Waals surface area contributed by atoms with Crippen LogP contribution in [0.5, 0.6) is 0 Å². The number of hydrogen-bond donors (Lipinski definition) is 2. The number of hydrogen-bond acceptors (Lipinski definition) is 2. The Kier molecular flexibility index (Phi) is 4.75. The minimum Gasteiger partial charge on any atom is -0.480 e. The van der Waals surface area contributed by atoms with Crippen LogP contribution in [0.1, 0.15) is 25.7 Å². The summed E-state index contributed by atoms with van der Waals surface area (Å²) in [6, 6.07) is -1.91. The molecule has 2 atom stereocenters. The molecule has 0 aromatic rings. The van der Waals surface area contributed by atoms with Gasteiger partial charge in [0.05, 0.1) is 6.42 Å². The Balaban J connectivity index is 2.47. The van der Waals surface area contributed by atoms with Gasteiger partial charge in [0.15, 0.2) is 0 Å². The van der Waals surface area contributed by atoms with Crippen LogP contribution in [0, 0.1) is 5.92 Å². The van der Waals surface area contributed by atoms with Crippen LogP contribution in [0.25, 0.3) is 0 Å². The SMILES string of the molecule is O=C(CC1C=CCC1)NC(CC(F)(F)F)C(=O)O. The maximum atomic E-state index is 12.1. The van der Waals surface area contributed by atoms with E-state index in [1.165, 1.54) is 0 Å². The standard InChI is InChI=1S/C11H14F3NO3/c12-11(13,14)6-8(10(17)18)15-9(16)5-7-3-1-2-4-7/h1,3,7-8H,2,4-6H2,(H,15,16)(H,17,18). The molecule has 1 rings (SSSR count). The Morgan fingerprint density at radius 2 is 2.11 bits per heavy atom. The molecular weight excluding hydrogens is 251 g/mol. The van der Waals surface area contributed by atoms with Crippen LogP contribution in [0.15, 0.2) is 12.2 Å². The average molecular weight is 265 g/mol. The van der Waals surface area contributed by atoms with E-state index in [-0.39, 0.29) is 12.3 Å². The number of carboxylic acids is 1. The third-order valence-corrected chi connectivity index (χ3v) is 2.63. The molecule has 0 saturated carbocycles. The number of nitrogens with one attached hydrogen (secondary N) is 1. The highest BCUT2D eigenvalue weighted by Gasteiger charge is 2.36. The van der Waals surface area contributed by atoms with E-state index in [0.717, 1.165) is 12.8 Å². The summed E-state index contributed by atoms with van der Waals surface area (Å²) in [7, 11) is 0. The van der Waals surface area contributed by atoms with Crippen LogP contribution in [0.3, 0.4) is 0 Å². The van der Waals surface area contributed by atoms with Crippen LogP contribution in [-0.2, 0) is 9.59 Å². The summed E-state index contributed by atoms with van der Waals surface area (Å²) in [6.07, 6.45) is -0.842. The van der Waals surface area contributed by atoms with Gasteiger partial charge in [-0.25, -0.2) is 4.79 Å². The van der Waals surface area contributed by atoms with E-state index in [2.05, 4.69) is 0 Å². The summed E-state index contributed by atoms with van der Waals surface area (Å²) >= 11 is 0. The number of aliphatic carboxylic acids is 1. The number of halogens is 3. The zero-order valence-electron chi connectivity index (χ0n) is 9.54. The molecule has 0 radical (unpaired) electrons. The highest BCUT2D eigenvalue weighted by molar-refractivity contribution is 5.83. The van der Waals surface area contributed by atoms with Crippen molar-refractivity contribution in [2.75, 3.05) is 0 Å². The third-order valence-electron chi connectivity index (χ3n) is 2.63. The van der Waals surface area contributed by atoms with Gasteiger partial charge in [-0.3, -0.25) is 4.79 Å². The summed E-state index contributed by atoms with van der Waals surface area (Å²) in [4.78, 5) is 22.0. The molecule has 102 valence electrons. The average Bonchev–Trinajstić information content (AvgIpc) is 2.66. The fourth-order valence-electron chi connectivity index (χ4n) is 1.79. The second kappa shape index (κ2) is 5.88. The molecule has 0 spiro atoms. The maximum absolute atomic E-state index is 12.1.